The number of aryl methyl sites for hydroxylation is 1. The van der Waals surface area contributed by atoms with E-state index in [9.17, 15) is 4.79 Å². The Hall–Kier alpha value is -4.00. The van der Waals surface area contributed by atoms with Gasteiger partial charge < -0.3 is 9.88 Å². The van der Waals surface area contributed by atoms with Crippen LogP contribution in [0.15, 0.2) is 67.1 Å². The summed E-state index contributed by atoms with van der Waals surface area (Å²) in [7, 11) is 1.86. The minimum absolute atomic E-state index is 0.106. The molecule has 31 heavy (non-hydrogen) atoms. The molecule has 0 bridgehead atoms. The third-order valence-corrected chi connectivity index (χ3v) is 6.08. The van der Waals surface area contributed by atoms with E-state index in [0.29, 0.717) is 12.2 Å². The Balaban J connectivity index is 1.50. The molecule has 0 radical (unpaired) electrons. The fourth-order valence-corrected chi connectivity index (χ4v) is 4.55. The standard InChI is InChI=1S/C24H20N6O/c1-29-20-9-5-4-8-17(20)21(28-29)24(31)30-11-10-18-22(27-14-26-18)23(30)19-12-15-6-2-3-7-16(15)13-25-19/h2-9,12-14,23H,10-11H2,1H3,(H,26,27)/t23-/m1/s1. The monoisotopic (exact) mass is 408 g/mol. The SMILES string of the molecule is Cn1nc(C(=O)N2CCc3[nH]cnc3[C@H]2c2cc3ccccc3cn2)c2ccccc21. The van der Waals surface area contributed by atoms with E-state index in [1.807, 2.05) is 60.6 Å². The Bertz CT molecular complexity index is 1450. The quantitative estimate of drug-likeness (QED) is 0.484. The van der Waals surface area contributed by atoms with Gasteiger partial charge in [0, 0.05) is 42.7 Å². The van der Waals surface area contributed by atoms with Crippen molar-refractivity contribution in [3.8, 4) is 0 Å². The third kappa shape index (κ3) is 2.73. The van der Waals surface area contributed by atoms with E-state index >= 15 is 0 Å². The van der Waals surface area contributed by atoms with Crippen LogP contribution in [0.1, 0.15) is 33.6 Å². The van der Waals surface area contributed by atoms with E-state index in [1.165, 1.54) is 0 Å². The number of rotatable bonds is 2. The zero-order valence-electron chi connectivity index (χ0n) is 17.0. The van der Waals surface area contributed by atoms with Crippen LogP contribution >= 0.6 is 0 Å². The van der Waals surface area contributed by atoms with Gasteiger partial charge in [-0.2, -0.15) is 5.10 Å². The second-order valence-corrected chi connectivity index (χ2v) is 7.86. The zero-order valence-corrected chi connectivity index (χ0v) is 17.0. The van der Waals surface area contributed by atoms with Gasteiger partial charge in [-0.1, -0.05) is 42.5 Å². The van der Waals surface area contributed by atoms with Crippen molar-refractivity contribution in [3.63, 3.8) is 0 Å². The van der Waals surface area contributed by atoms with Gasteiger partial charge >= 0.3 is 0 Å². The number of aromatic amines is 1. The summed E-state index contributed by atoms with van der Waals surface area (Å²) in [5.41, 5.74) is 4.10. The average Bonchev–Trinajstić information content (AvgIpc) is 3.42. The molecule has 152 valence electrons. The highest BCUT2D eigenvalue weighted by Gasteiger charge is 2.37. The first-order valence-corrected chi connectivity index (χ1v) is 10.3. The number of pyridine rings is 1. The summed E-state index contributed by atoms with van der Waals surface area (Å²) in [5.74, 6) is -0.106. The topological polar surface area (TPSA) is 79.7 Å². The van der Waals surface area contributed by atoms with Crippen molar-refractivity contribution in [2.45, 2.75) is 12.5 Å². The normalized spacial score (nSPS) is 16.0. The van der Waals surface area contributed by atoms with E-state index in [4.69, 9.17) is 4.98 Å². The summed E-state index contributed by atoms with van der Waals surface area (Å²) in [6.07, 6.45) is 4.28. The number of aromatic nitrogens is 5. The van der Waals surface area contributed by atoms with Gasteiger partial charge in [0.2, 0.25) is 0 Å². The molecule has 2 aromatic carbocycles. The molecule has 7 heteroatoms. The molecule has 7 nitrogen and oxygen atoms in total. The average molecular weight is 408 g/mol. The van der Waals surface area contributed by atoms with Crippen LogP contribution in [0.2, 0.25) is 0 Å². The van der Waals surface area contributed by atoms with Crippen molar-refractivity contribution in [2.24, 2.45) is 7.05 Å². The molecular formula is C24H20N6O. The second-order valence-electron chi connectivity index (χ2n) is 7.86. The smallest absolute Gasteiger partial charge is 0.275 e. The molecule has 5 aromatic rings. The highest BCUT2D eigenvalue weighted by Crippen LogP contribution is 2.35. The Morgan fingerprint density at radius 2 is 1.87 bits per heavy atom. The van der Waals surface area contributed by atoms with Gasteiger partial charge in [-0.05, 0) is 17.5 Å². The summed E-state index contributed by atoms with van der Waals surface area (Å²) in [6.45, 7) is 0.568. The fourth-order valence-electron chi connectivity index (χ4n) is 4.55. The van der Waals surface area contributed by atoms with Crippen molar-refractivity contribution in [1.82, 2.24) is 29.6 Å². The summed E-state index contributed by atoms with van der Waals surface area (Å²) in [5, 5.41) is 7.57. The van der Waals surface area contributed by atoms with E-state index in [-0.39, 0.29) is 11.9 Å². The highest BCUT2D eigenvalue weighted by molar-refractivity contribution is 6.05. The molecular weight excluding hydrogens is 388 g/mol. The van der Waals surface area contributed by atoms with Crippen LogP contribution in [0, 0.1) is 0 Å². The molecule has 0 aliphatic carbocycles. The molecule has 0 spiro atoms. The molecule has 0 fully saturated rings. The molecule has 1 atom stereocenters. The first-order valence-electron chi connectivity index (χ1n) is 10.3. The molecule has 1 aliphatic rings. The number of imidazole rings is 1. The van der Waals surface area contributed by atoms with Crippen LogP contribution in [0.4, 0.5) is 0 Å². The second kappa shape index (κ2) is 6.77. The number of nitrogens with zero attached hydrogens (tertiary/aromatic N) is 5. The number of amides is 1. The minimum Gasteiger partial charge on any atom is -0.348 e. The van der Waals surface area contributed by atoms with Gasteiger partial charge in [0.15, 0.2) is 5.69 Å². The minimum atomic E-state index is -0.368. The Morgan fingerprint density at radius 3 is 2.77 bits per heavy atom. The number of benzene rings is 2. The van der Waals surface area contributed by atoms with E-state index < -0.39 is 0 Å². The van der Waals surface area contributed by atoms with E-state index in [1.54, 1.807) is 11.0 Å². The number of H-pyrrole nitrogens is 1. The van der Waals surface area contributed by atoms with Crippen molar-refractivity contribution >= 4 is 27.6 Å². The molecule has 1 amide bonds. The molecule has 1 N–H and O–H groups in total. The Kier molecular flexibility index (Phi) is 3.89. The lowest BCUT2D eigenvalue weighted by molar-refractivity contribution is 0.0682. The fraction of sp³-hybridized carbons (Fsp3) is 0.167. The number of nitrogens with one attached hydrogen (secondary N) is 1. The summed E-state index contributed by atoms with van der Waals surface area (Å²) in [6, 6.07) is 17.6. The van der Waals surface area contributed by atoms with E-state index in [0.717, 1.165) is 45.2 Å². The zero-order chi connectivity index (χ0) is 20.9. The number of hydrogen-bond donors (Lipinski definition) is 1. The molecule has 1 aliphatic heterocycles. The van der Waals surface area contributed by atoms with Crippen LogP contribution < -0.4 is 0 Å². The molecule has 6 rings (SSSR count). The lowest BCUT2D eigenvalue weighted by Gasteiger charge is -2.34. The number of hydrogen-bond acceptors (Lipinski definition) is 4. The Labute approximate surface area is 178 Å². The largest absolute Gasteiger partial charge is 0.348 e. The molecule has 0 saturated heterocycles. The first-order chi connectivity index (χ1) is 15.2. The highest BCUT2D eigenvalue weighted by atomic mass is 16.2. The first kappa shape index (κ1) is 17.8. The predicted octanol–water partition coefficient (Wildman–Crippen LogP) is 3.63. The van der Waals surface area contributed by atoms with Crippen molar-refractivity contribution < 1.29 is 4.79 Å². The van der Waals surface area contributed by atoms with Crippen LogP contribution in [0.25, 0.3) is 21.7 Å². The number of para-hydroxylation sites is 1. The lowest BCUT2D eigenvalue weighted by atomic mass is 9.97. The van der Waals surface area contributed by atoms with Gasteiger partial charge in [-0.15, -0.1) is 0 Å². The van der Waals surface area contributed by atoms with Gasteiger partial charge in [0.05, 0.1) is 23.2 Å². The Morgan fingerprint density at radius 1 is 1.06 bits per heavy atom. The van der Waals surface area contributed by atoms with Gasteiger partial charge in [-0.3, -0.25) is 14.5 Å². The maximum Gasteiger partial charge on any atom is 0.275 e. The summed E-state index contributed by atoms with van der Waals surface area (Å²) in [4.78, 5) is 28.2. The van der Waals surface area contributed by atoms with Gasteiger partial charge in [0.1, 0.15) is 6.04 Å². The summed E-state index contributed by atoms with van der Waals surface area (Å²) >= 11 is 0. The maximum absolute atomic E-state index is 13.8. The van der Waals surface area contributed by atoms with Gasteiger partial charge in [0.25, 0.3) is 5.91 Å². The molecule has 0 saturated carbocycles. The van der Waals surface area contributed by atoms with Crippen LogP contribution in [0.5, 0.6) is 0 Å². The molecule has 3 aromatic heterocycles. The predicted molar refractivity (Wildman–Crippen MR) is 118 cm³/mol. The maximum atomic E-state index is 13.8. The molecule has 4 heterocycles. The number of carbonyl (C=O) groups is 1. The third-order valence-electron chi connectivity index (χ3n) is 6.08. The van der Waals surface area contributed by atoms with Crippen molar-refractivity contribution in [1.29, 1.82) is 0 Å². The van der Waals surface area contributed by atoms with Crippen LogP contribution in [-0.2, 0) is 13.5 Å². The van der Waals surface area contributed by atoms with Crippen LogP contribution in [-0.4, -0.2) is 42.1 Å². The molecule has 0 unspecified atom stereocenters. The lowest BCUT2D eigenvalue weighted by Crippen LogP contribution is -2.41. The van der Waals surface area contributed by atoms with Crippen molar-refractivity contribution in [3.05, 3.63) is 89.9 Å². The van der Waals surface area contributed by atoms with E-state index in [2.05, 4.69) is 27.2 Å². The van der Waals surface area contributed by atoms with Crippen LogP contribution in [0.3, 0.4) is 0 Å². The number of fused-ring (bicyclic) bond motifs is 3. The van der Waals surface area contributed by atoms with Gasteiger partial charge in [-0.25, -0.2) is 4.98 Å². The van der Waals surface area contributed by atoms with Crippen molar-refractivity contribution in [2.75, 3.05) is 6.54 Å². The number of carbonyl (C=O) groups excluding carboxylic acids is 1. The summed E-state index contributed by atoms with van der Waals surface area (Å²) < 4.78 is 1.76.